The molecular formula is C20H22O8. The Balaban J connectivity index is 2.71. The Labute approximate surface area is 162 Å². The van der Waals surface area contributed by atoms with E-state index >= 15 is 0 Å². The fourth-order valence-corrected chi connectivity index (χ4v) is 1.98. The van der Waals surface area contributed by atoms with E-state index in [1.54, 1.807) is 36.4 Å². The molecule has 0 heterocycles. The number of benzene rings is 1. The number of carbonyl (C=O) groups excluding carboxylic acids is 3. The van der Waals surface area contributed by atoms with Crippen molar-refractivity contribution < 1.29 is 38.5 Å². The number of ether oxygens (including phenoxy) is 3. The molecule has 0 amide bonds. The molecule has 150 valence electrons. The van der Waals surface area contributed by atoms with E-state index < -0.39 is 42.2 Å². The number of hydrogen-bond acceptors (Lipinski definition) is 7. The minimum atomic E-state index is -1.76. The van der Waals surface area contributed by atoms with Gasteiger partial charge >= 0.3 is 23.9 Å². The lowest BCUT2D eigenvalue weighted by molar-refractivity contribution is -0.177. The number of carbonyl (C=O) groups is 4. The van der Waals surface area contributed by atoms with Crippen LogP contribution < -0.4 is 0 Å². The van der Waals surface area contributed by atoms with E-state index in [0.29, 0.717) is 12.0 Å². The molecule has 0 bridgehead atoms. The lowest BCUT2D eigenvalue weighted by Gasteiger charge is -2.27. The maximum atomic E-state index is 12.1. The second kappa shape index (κ2) is 10.1. The average molecular weight is 390 g/mol. The van der Waals surface area contributed by atoms with Crippen molar-refractivity contribution in [2.24, 2.45) is 0 Å². The van der Waals surface area contributed by atoms with Gasteiger partial charge in [-0.3, -0.25) is 0 Å². The van der Waals surface area contributed by atoms with Crippen LogP contribution in [0.2, 0.25) is 0 Å². The maximum Gasteiger partial charge on any atom is 0.418 e. The quantitative estimate of drug-likeness (QED) is 0.311. The summed E-state index contributed by atoms with van der Waals surface area (Å²) in [6.07, 6.45) is 1.14. The van der Waals surface area contributed by atoms with E-state index in [-0.39, 0.29) is 5.57 Å². The highest BCUT2D eigenvalue weighted by molar-refractivity contribution is 6.30. The number of hydrogen-bond donors (Lipinski definition) is 1. The van der Waals surface area contributed by atoms with Crippen molar-refractivity contribution in [3.8, 4) is 0 Å². The Hall–Kier alpha value is -3.42. The van der Waals surface area contributed by atoms with Crippen molar-refractivity contribution in [3.05, 3.63) is 60.7 Å². The van der Waals surface area contributed by atoms with E-state index in [4.69, 9.17) is 14.6 Å². The molecule has 8 heteroatoms. The Bertz CT molecular complexity index is 764. The molecule has 1 unspecified atom stereocenters. The summed E-state index contributed by atoms with van der Waals surface area (Å²) >= 11 is 0. The molecule has 1 rings (SSSR count). The van der Waals surface area contributed by atoms with Crippen LogP contribution in [0.4, 0.5) is 0 Å². The molecule has 0 spiro atoms. The first kappa shape index (κ1) is 22.6. The first-order valence-electron chi connectivity index (χ1n) is 8.26. The molecule has 0 aliphatic rings. The fourth-order valence-electron chi connectivity index (χ4n) is 1.98. The molecule has 1 aromatic rings. The van der Waals surface area contributed by atoms with Crippen LogP contribution in [0.5, 0.6) is 0 Å². The second-order valence-corrected chi connectivity index (χ2v) is 6.21. The van der Waals surface area contributed by atoms with Gasteiger partial charge in [-0.25, -0.2) is 19.2 Å². The number of rotatable bonds is 8. The van der Waals surface area contributed by atoms with E-state index in [2.05, 4.69) is 17.9 Å². The Kier molecular flexibility index (Phi) is 8.12. The van der Waals surface area contributed by atoms with Gasteiger partial charge in [0.25, 0.3) is 0 Å². The zero-order valence-corrected chi connectivity index (χ0v) is 15.7. The van der Waals surface area contributed by atoms with Crippen molar-refractivity contribution in [1.29, 1.82) is 0 Å². The van der Waals surface area contributed by atoms with Gasteiger partial charge in [0.05, 0.1) is 0 Å². The minimum absolute atomic E-state index is 0.0777. The van der Waals surface area contributed by atoms with Crippen molar-refractivity contribution in [1.82, 2.24) is 0 Å². The lowest BCUT2D eigenvalue weighted by Crippen LogP contribution is -2.36. The summed E-state index contributed by atoms with van der Waals surface area (Å²) in [4.78, 5) is 45.7. The van der Waals surface area contributed by atoms with Crippen LogP contribution >= 0.6 is 0 Å². The minimum Gasteiger partial charge on any atom is -0.473 e. The second-order valence-electron chi connectivity index (χ2n) is 6.21. The zero-order chi connectivity index (χ0) is 21.3. The first-order chi connectivity index (χ1) is 13.1. The Morgan fingerprint density at radius 1 is 1.11 bits per heavy atom. The van der Waals surface area contributed by atoms with Crippen LogP contribution in [-0.2, 0) is 33.4 Å². The van der Waals surface area contributed by atoms with Crippen molar-refractivity contribution in [3.63, 3.8) is 0 Å². The van der Waals surface area contributed by atoms with Gasteiger partial charge < -0.3 is 19.3 Å². The van der Waals surface area contributed by atoms with Crippen LogP contribution in [-0.4, -0.2) is 41.2 Å². The monoisotopic (exact) mass is 390 g/mol. The van der Waals surface area contributed by atoms with Gasteiger partial charge in [-0.05, 0) is 19.4 Å². The number of aliphatic carboxylic acids is 1. The molecule has 0 saturated carbocycles. The largest absolute Gasteiger partial charge is 0.473 e. The lowest BCUT2D eigenvalue weighted by atomic mass is 10.0. The third-order valence-corrected chi connectivity index (χ3v) is 3.72. The molecule has 0 aromatic heterocycles. The van der Waals surface area contributed by atoms with E-state index in [1.165, 1.54) is 13.8 Å². The number of carboxylic acid groups (broad SMARTS) is 1. The molecule has 28 heavy (non-hydrogen) atoms. The molecule has 8 nitrogen and oxygen atoms in total. The molecule has 0 aliphatic heterocycles. The molecule has 1 N–H and O–H groups in total. The summed E-state index contributed by atoms with van der Waals surface area (Å²) in [5, 5.41) is 8.48. The summed E-state index contributed by atoms with van der Waals surface area (Å²) < 4.78 is 14.8. The first-order valence-corrected chi connectivity index (χ1v) is 8.26. The van der Waals surface area contributed by atoms with Crippen molar-refractivity contribution in [2.75, 3.05) is 6.61 Å². The van der Waals surface area contributed by atoms with E-state index in [1.807, 2.05) is 0 Å². The average Bonchev–Trinajstić information content (AvgIpc) is 2.65. The molecule has 0 aliphatic carbocycles. The molecule has 1 atom stereocenters. The van der Waals surface area contributed by atoms with Crippen LogP contribution in [0, 0.1) is 0 Å². The Morgan fingerprint density at radius 2 is 1.71 bits per heavy atom. The number of esters is 3. The highest BCUT2D eigenvalue weighted by atomic mass is 16.6. The van der Waals surface area contributed by atoms with Crippen LogP contribution in [0.3, 0.4) is 0 Å². The van der Waals surface area contributed by atoms with Gasteiger partial charge in [0.2, 0.25) is 0 Å². The van der Waals surface area contributed by atoms with Crippen molar-refractivity contribution >= 4 is 23.9 Å². The molecule has 0 radical (unpaired) electrons. The molecule has 0 saturated heterocycles. The third kappa shape index (κ3) is 6.71. The SMILES string of the molecule is C=CCC(OC(=O)C(=O)OC(C)(C)C(=C)COC(=O)C(=O)O)c1ccccc1. The van der Waals surface area contributed by atoms with Gasteiger partial charge in [0, 0.05) is 12.0 Å². The van der Waals surface area contributed by atoms with Crippen LogP contribution in [0.15, 0.2) is 55.1 Å². The highest BCUT2D eigenvalue weighted by Gasteiger charge is 2.32. The molecule has 1 aromatic carbocycles. The highest BCUT2D eigenvalue weighted by Crippen LogP contribution is 2.24. The van der Waals surface area contributed by atoms with Crippen LogP contribution in [0.25, 0.3) is 0 Å². The summed E-state index contributed by atoms with van der Waals surface area (Å²) in [6, 6.07) is 8.83. The predicted molar refractivity (Wildman–Crippen MR) is 98.0 cm³/mol. The maximum absolute atomic E-state index is 12.1. The van der Waals surface area contributed by atoms with E-state index in [9.17, 15) is 19.2 Å². The summed E-state index contributed by atoms with van der Waals surface area (Å²) in [7, 11) is 0. The standard InChI is InChI=1S/C20H22O8/c1-5-9-15(14-10-7-6-8-11-14)27-18(24)19(25)28-20(3,4)13(2)12-26-17(23)16(21)22/h5-8,10-11,15H,1-2,9,12H2,3-4H3,(H,21,22). The smallest absolute Gasteiger partial charge is 0.418 e. The van der Waals surface area contributed by atoms with Gasteiger partial charge in [0.15, 0.2) is 0 Å². The third-order valence-electron chi connectivity index (χ3n) is 3.72. The summed E-state index contributed by atoms with van der Waals surface area (Å²) in [5.41, 5.74) is -0.642. The molecule has 0 fully saturated rings. The summed E-state index contributed by atoms with van der Waals surface area (Å²) in [6.45, 7) is 9.52. The van der Waals surface area contributed by atoms with Crippen LogP contribution in [0.1, 0.15) is 31.9 Å². The van der Waals surface area contributed by atoms with E-state index in [0.717, 1.165) is 0 Å². The zero-order valence-electron chi connectivity index (χ0n) is 15.7. The van der Waals surface area contributed by atoms with Gasteiger partial charge in [0.1, 0.15) is 18.3 Å². The fraction of sp³-hybridized carbons (Fsp3) is 0.300. The number of carboxylic acids is 1. The summed E-state index contributed by atoms with van der Waals surface area (Å²) in [5.74, 6) is -5.71. The Morgan fingerprint density at radius 3 is 2.25 bits per heavy atom. The van der Waals surface area contributed by atoms with Gasteiger partial charge in [-0.1, -0.05) is 43.0 Å². The van der Waals surface area contributed by atoms with Gasteiger partial charge in [-0.2, -0.15) is 0 Å². The topological polar surface area (TPSA) is 116 Å². The normalized spacial score (nSPS) is 11.6. The molecular weight excluding hydrogens is 368 g/mol. The van der Waals surface area contributed by atoms with Crippen molar-refractivity contribution in [2.45, 2.75) is 32.0 Å². The predicted octanol–water partition coefficient (Wildman–Crippen LogP) is 2.35. The van der Waals surface area contributed by atoms with Gasteiger partial charge in [-0.15, -0.1) is 6.58 Å².